The molecule has 4 heteroatoms. The Kier molecular flexibility index (Phi) is 6.01. The third-order valence-corrected chi connectivity index (χ3v) is 4.51. The van der Waals surface area contributed by atoms with Crippen LogP contribution in [-0.2, 0) is 4.79 Å². The van der Waals surface area contributed by atoms with Gasteiger partial charge in [0.25, 0.3) is 0 Å². The van der Waals surface area contributed by atoms with Gasteiger partial charge in [-0.15, -0.1) is 0 Å². The first-order chi connectivity index (χ1) is 10.7. The van der Waals surface area contributed by atoms with Crippen LogP contribution in [0.1, 0.15) is 36.3 Å². The molecule has 0 spiro atoms. The lowest BCUT2D eigenvalue weighted by Gasteiger charge is -2.28. The normalized spacial score (nSPS) is 15.4. The second kappa shape index (κ2) is 7.99. The van der Waals surface area contributed by atoms with Gasteiger partial charge in [0.15, 0.2) is 0 Å². The van der Waals surface area contributed by atoms with Crippen molar-refractivity contribution in [3.63, 3.8) is 0 Å². The van der Waals surface area contributed by atoms with Crippen molar-refractivity contribution in [1.29, 1.82) is 0 Å². The van der Waals surface area contributed by atoms with E-state index < -0.39 is 0 Å². The number of amides is 1. The molecule has 0 aromatic heterocycles. The molecule has 1 saturated heterocycles. The van der Waals surface area contributed by atoms with E-state index in [9.17, 15) is 4.79 Å². The second-order valence-corrected chi connectivity index (χ2v) is 5.81. The Morgan fingerprint density at radius 2 is 2.18 bits per heavy atom. The third kappa shape index (κ3) is 3.89. The van der Waals surface area contributed by atoms with E-state index in [1.807, 2.05) is 6.20 Å². The number of anilines is 1. The lowest BCUT2D eigenvalue weighted by atomic mass is 9.87. The number of piperidine rings is 1. The van der Waals surface area contributed by atoms with Crippen LogP contribution in [0.4, 0.5) is 5.69 Å². The molecule has 2 N–H and O–H groups in total. The molecule has 1 amide bonds. The summed E-state index contributed by atoms with van der Waals surface area (Å²) in [6.45, 7) is 8.93. The summed E-state index contributed by atoms with van der Waals surface area (Å²) in [5.41, 5.74) is 3.91. The van der Waals surface area contributed by atoms with Crippen molar-refractivity contribution in [1.82, 2.24) is 10.6 Å². The summed E-state index contributed by atoms with van der Waals surface area (Å²) in [4.78, 5) is 13.6. The highest BCUT2D eigenvalue weighted by Gasteiger charge is 2.19. The quantitative estimate of drug-likeness (QED) is 0.849. The number of hydrogen-bond donors (Lipinski definition) is 2. The van der Waals surface area contributed by atoms with Crippen molar-refractivity contribution in [2.75, 3.05) is 31.6 Å². The second-order valence-electron chi connectivity index (χ2n) is 5.81. The molecule has 4 nitrogen and oxygen atoms in total. The molecule has 1 aliphatic rings. The van der Waals surface area contributed by atoms with E-state index in [2.05, 4.69) is 47.2 Å². The van der Waals surface area contributed by atoms with Crippen LogP contribution in [0.25, 0.3) is 0 Å². The van der Waals surface area contributed by atoms with E-state index in [1.165, 1.54) is 24.0 Å². The minimum Gasteiger partial charge on any atom is -0.359 e. The zero-order chi connectivity index (χ0) is 15.9. The molecule has 1 aromatic rings. The number of carbonyl (C=O) groups excluding carboxylic acids is 1. The van der Waals surface area contributed by atoms with Gasteiger partial charge in [0.1, 0.15) is 0 Å². The van der Waals surface area contributed by atoms with Crippen molar-refractivity contribution in [3.8, 4) is 0 Å². The van der Waals surface area contributed by atoms with Gasteiger partial charge in [-0.05, 0) is 62.2 Å². The Bertz CT molecular complexity index is 521. The highest BCUT2D eigenvalue weighted by molar-refractivity contribution is 5.76. The number of hydrogen-bond acceptors (Lipinski definition) is 3. The fourth-order valence-corrected chi connectivity index (χ4v) is 3.18. The number of rotatable bonds is 6. The predicted molar refractivity (Wildman–Crippen MR) is 92.3 cm³/mol. The van der Waals surface area contributed by atoms with Crippen molar-refractivity contribution in [2.45, 2.75) is 32.1 Å². The highest BCUT2D eigenvalue weighted by Crippen LogP contribution is 2.33. The van der Waals surface area contributed by atoms with Gasteiger partial charge >= 0.3 is 0 Å². The van der Waals surface area contributed by atoms with E-state index >= 15 is 0 Å². The molecule has 1 aliphatic heterocycles. The monoisotopic (exact) mass is 301 g/mol. The Morgan fingerprint density at radius 1 is 1.45 bits per heavy atom. The summed E-state index contributed by atoms with van der Waals surface area (Å²) < 4.78 is 0. The molecule has 0 aliphatic carbocycles. The minimum absolute atomic E-state index is 0.0546. The number of nitrogens with zero attached hydrogens (tertiary/aromatic N) is 1. The lowest BCUT2D eigenvalue weighted by molar-refractivity contribution is -0.120. The Hall–Kier alpha value is -1.81. The molecule has 0 radical (unpaired) electrons. The van der Waals surface area contributed by atoms with Crippen LogP contribution in [0.3, 0.4) is 0 Å². The van der Waals surface area contributed by atoms with Crippen LogP contribution in [0.2, 0.25) is 0 Å². The summed E-state index contributed by atoms with van der Waals surface area (Å²) in [7, 11) is 1.67. The molecule has 1 fully saturated rings. The standard InChI is InChI=1S/C18H27N3O/c1-4-21(13-10-18(22)19-3)17-7-5-6-16(14(17)2)15-8-11-20-12-9-15/h4-7,15,20H,1,8-13H2,2-3H3,(H,19,22). The van der Waals surface area contributed by atoms with Crippen molar-refractivity contribution in [3.05, 3.63) is 42.1 Å². The molecule has 2 rings (SSSR count). The molecular weight excluding hydrogens is 274 g/mol. The first kappa shape index (κ1) is 16.6. The summed E-state index contributed by atoms with van der Waals surface area (Å²) >= 11 is 0. The van der Waals surface area contributed by atoms with Gasteiger partial charge < -0.3 is 15.5 Å². The van der Waals surface area contributed by atoms with Crippen LogP contribution < -0.4 is 15.5 Å². The molecule has 0 unspecified atom stereocenters. The Labute approximate surface area is 133 Å². The van der Waals surface area contributed by atoms with Crippen molar-refractivity contribution >= 4 is 11.6 Å². The van der Waals surface area contributed by atoms with Gasteiger partial charge in [-0.2, -0.15) is 0 Å². The van der Waals surface area contributed by atoms with Gasteiger partial charge in [-0.25, -0.2) is 0 Å². The SMILES string of the molecule is C=CN(CCC(=O)NC)c1cccc(C2CCNCC2)c1C. The predicted octanol–water partition coefficient (Wildman–Crippen LogP) is 2.55. The minimum atomic E-state index is 0.0546. The van der Waals surface area contributed by atoms with E-state index in [0.29, 0.717) is 18.9 Å². The van der Waals surface area contributed by atoms with E-state index in [0.717, 1.165) is 18.8 Å². The number of nitrogens with one attached hydrogen (secondary N) is 2. The smallest absolute Gasteiger partial charge is 0.221 e. The first-order valence-electron chi connectivity index (χ1n) is 8.07. The zero-order valence-electron chi connectivity index (χ0n) is 13.7. The fraction of sp³-hybridized carbons (Fsp3) is 0.500. The van der Waals surface area contributed by atoms with Crippen molar-refractivity contribution in [2.24, 2.45) is 0 Å². The van der Waals surface area contributed by atoms with Gasteiger partial charge in [0.2, 0.25) is 5.91 Å². The van der Waals surface area contributed by atoms with Crippen LogP contribution in [-0.4, -0.2) is 32.6 Å². The molecule has 0 saturated carbocycles. The topological polar surface area (TPSA) is 44.4 Å². The average Bonchev–Trinajstić information content (AvgIpc) is 2.57. The molecule has 0 atom stereocenters. The molecule has 120 valence electrons. The van der Waals surface area contributed by atoms with Gasteiger partial charge in [-0.3, -0.25) is 4.79 Å². The maximum absolute atomic E-state index is 11.5. The summed E-state index contributed by atoms with van der Waals surface area (Å²) in [5, 5.41) is 6.09. The molecule has 1 heterocycles. The number of carbonyl (C=O) groups is 1. The van der Waals surface area contributed by atoms with Gasteiger partial charge in [0.05, 0.1) is 0 Å². The molecule has 0 bridgehead atoms. The molecular formula is C18H27N3O. The van der Waals surface area contributed by atoms with Crippen LogP contribution in [0.15, 0.2) is 31.0 Å². The summed E-state index contributed by atoms with van der Waals surface area (Å²) in [6, 6.07) is 6.48. The zero-order valence-corrected chi connectivity index (χ0v) is 13.7. The first-order valence-corrected chi connectivity index (χ1v) is 8.07. The van der Waals surface area contributed by atoms with E-state index in [1.54, 1.807) is 7.05 Å². The van der Waals surface area contributed by atoms with E-state index in [-0.39, 0.29) is 5.91 Å². The van der Waals surface area contributed by atoms with Crippen LogP contribution in [0, 0.1) is 6.92 Å². The molecule has 22 heavy (non-hydrogen) atoms. The van der Waals surface area contributed by atoms with Crippen molar-refractivity contribution < 1.29 is 4.79 Å². The average molecular weight is 301 g/mol. The van der Waals surface area contributed by atoms with Crippen LogP contribution >= 0.6 is 0 Å². The Balaban J connectivity index is 2.18. The van der Waals surface area contributed by atoms with Crippen LogP contribution in [0.5, 0.6) is 0 Å². The largest absolute Gasteiger partial charge is 0.359 e. The van der Waals surface area contributed by atoms with E-state index in [4.69, 9.17) is 0 Å². The number of benzene rings is 1. The maximum atomic E-state index is 11.5. The lowest BCUT2D eigenvalue weighted by Crippen LogP contribution is -2.28. The van der Waals surface area contributed by atoms with Gasteiger partial charge in [-0.1, -0.05) is 18.7 Å². The van der Waals surface area contributed by atoms with Gasteiger partial charge in [0, 0.05) is 25.7 Å². The molecule has 1 aromatic carbocycles. The maximum Gasteiger partial charge on any atom is 0.221 e. The highest BCUT2D eigenvalue weighted by atomic mass is 16.1. The fourth-order valence-electron chi connectivity index (χ4n) is 3.18. The summed E-state index contributed by atoms with van der Waals surface area (Å²) in [6.07, 6.45) is 4.67. The third-order valence-electron chi connectivity index (χ3n) is 4.51. The summed E-state index contributed by atoms with van der Waals surface area (Å²) in [5.74, 6) is 0.686. The Morgan fingerprint density at radius 3 is 2.82 bits per heavy atom.